The highest BCUT2D eigenvalue weighted by Gasteiger charge is 2.21. The normalized spacial score (nSPS) is 20.3. The Labute approximate surface area is 119 Å². The van der Waals surface area contributed by atoms with Gasteiger partial charge in [-0.3, -0.25) is 0 Å². The molecule has 1 aromatic rings. The van der Waals surface area contributed by atoms with E-state index in [0.29, 0.717) is 5.88 Å². The Bertz CT molecular complexity index is 409. The molecule has 1 atom stereocenters. The summed E-state index contributed by atoms with van der Waals surface area (Å²) in [6.45, 7) is 3.49. The summed E-state index contributed by atoms with van der Waals surface area (Å²) in [7, 11) is 4.32. The van der Waals surface area contributed by atoms with E-state index >= 15 is 0 Å². The fraction of sp³-hybridized carbons (Fsp3) is 0.571. The monoisotopic (exact) mass is 286 g/mol. The first kappa shape index (κ1) is 14.0. The third-order valence-corrected chi connectivity index (χ3v) is 4.28. The van der Waals surface area contributed by atoms with Crippen molar-refractivity contribution in [3.8, 4) is 0 Å². The van der Waals surface area contributed by atoms with E-state index in [0.717, 1.165) is 23.0 Å². The standard InChI is InChI=1S/C14H20Cl2N2/c1-17-6-5-11(9-17)10-18(2)13-4-3-12(8-15)14(16)7-13/h3-4,7,11H,5-6,8-10H2,1-2H3. The van der Waals surface area contributed by atoms with Crippen molar-refractivity contribution in [2.75, 3.05) is 38.6 Å². The maximum Gasteiger partial charge on any atom is 0.0488 e. The first-order valence-electron chi connectivity index (χ1n) is 6.34. The number of rotatable bonds is 4. The van der Waals surface area contributed by atoms with Gasteiger partial charge in [-0.25, -0.2) is 0 Å². The Morgan fingerprint density at radius 1 is 1.44 bits per heavy atom. The minimum atomic E-state index is 0.468. The molecule has 0 bridgehead atoms. The number of nitrogens with zero attached hydrogens (tertiary/aromatic N) is 2. The van der Waals surface area contributed by atoms with E-state index in [9.17, 15) is 0 Å². The number of halogens is 2. The Morgan fingerprint density at radius 3 is 2.78 bits per heavy atom. The van der Waals surface area contributed by atoms with Gasteiger partial charge in [0.15, 0.2) is 0 Å². The van der Waals surface area contributed by atoms with Gasteiger partial charge in [-0.05, 0) is 43.6 Å². The molecule has 1 heterocycles. The lowest BCUT2D eigenvalue weighted by atomic mass is 10.1. The average molecular weight is 287 g/mol. The number of benzene rings is 1. The SMILES string of the molecule is CN1CCC(CN(C)c2ccc(CCl)c(Cl)c2)C1. The number of anilines is 1. The van der Waals surface area contributed by atoms with E-state index in [1.807, 2.05) is 12.1 Å². The molecule has 0 saturated carbocycles. The van der Waals surface area contributed by atoms with Crippen LogP contribution in [0.25, 0.3) is 0 Å². The summed E-state index contributed by atoms with van der Waals surface area (Å²) in [6.07, 6.45) is 1.29. The van der Waals surface area contributed by atoms with E-state index in [-0.39, 0.29) is 0 Å². The molecule has 1 fully saturated rings. The third kappa shape index (κ3) is 3.31. The summed E-state index contributed by atoms with van der Waals surface area (Å²) in [6, 6.07) is 6.13. The first-order chi connectivity index (χ1) is 8.60. The molecule has 4 heteroatoms. The molecular weight excluding hydrogens is 267 g/mol. The van der Waals surface area contributed by atoms with Crippen molar-refractivity contribution in [2.45, 2.75) is 12.3 Å². The molecule has 1 saturated heterocycles. The van der Waals surface area contributed by atoms with Crippen LogP contribution in [0.3, 0.4) is 0 Å². The predicted molar refractivity (Wildman–Crippen MR) is 79.9 cm³/mol. The van der Waals surface area contributed by atoms with Crippen molar-refractivity contribution in [3.05, 3.63) is 28.8 Å². The van der Waals surface area contributed by atoms with Gasteiger partial charge >= 0.3 is 0 Å². The molecule has 100 valence electrons. The maximum atomic E-state index is 6.19. The lowest BCUT2D eigenvalue weighted by Crippen LogP contribution is -2.27. The van der Waals surface area contributed by atoms with Gasteiger partial charge in [-0.2, -0.15) is 0 Å². The third-order valence-electron chi connectivity index (χ3n) is 3.64. The molecule has 0 spiro atoms. The molecule has 1 unspecified atom stereocenters. The van der Waals surface area contributed by atoms with Crippen molar-refractivity contribution in [1.82, 2.24) is 4.90 Å². The molecule has 0 aromatic heterocycles. The molecule has 2 rings (SSSR count). The van der Waals surface area contributed by atoms with E-state index in [4.69, 9.17) is 23.2 Å². The van der Waals surface area contributed by atoms with Crippen LogP contribution in [0.15, 0.2) is 18.2 Å². The lowest BCUT2D eigenvalue weighted by molar-refractivity contribution is 0.396. The Morgan fingerprint density at radius 2 is 2.22 bits per heavy atom. The number of alkyl halides is 1. The number of likely N-dealkylation sites (tertiary alicyclic amines) is 1. The first-order valence-corrected chi connectivity index (χ1v) is 7.25. The van der Waals surface area contributed by atoms with Gasteiger partial charge in [-0.1, -0.05) is 17.7 Å². The summed E-state index contributed by atoms with van der Waals surface area (Å²) in [5.41, 5.74) is 2.17. The highest BCUT2D eigenvalue weighted by molar-refractivity contribution is 6.32. The molecule has 1 aliphatic heterocycles. The predicted octanol–water partition coefficient (Wildman–Crippen LogP) is 3.47. The van der Waals surface area contributed by atoms with E-state index in [1.165, 1.54) is 25.2 Å². The van der Waals surface area contributed by atoms with Crippen LogP contribution < -0.4 is 4.90 Å². The van der Waals surface area contributed by atoms with Crippen LogP contribution in [0.1, 0.15) is 12.0 Å². The summed E-state index contributed by atoms with van der Waals surface area (Å²) < 4.78 is 0. The number of hydrogen-bond donors (Lipinski definition) is 0. The van der Waals surface area contributed by atoms with Crippen LogP contribution in [0.4, 0.5) is 5.69 Å². The molecule has 0 aliphatic carbocycles. The molecular formula is C14H20Cl2N2. The molecule has 18 heavy (non-hydrogen) atoms. The van der Waals surface area contributed by atoms with Crippen LogP contribution in [-0.4, -0.2) is 38.6 Å². The van der Waals surface area contributed by atoms with Gasteiger partial charge in [0.2, 0.25) is 0 Å². The van der Waals surface area contributed by atoms with Crippen LogP contribution in [-0.2, 0) is 5.88 Å². The van der Waals surface area contributed by atoms with E-state index in [2.05, 4.69) is 30.0 Å². The molecule has 0 radical (unpaired) electrons. The minimum Gasteiger partial charge on any atom is -0.374 e. The summed E-state index contributed by atoms with van der Waals surface area (Å²) >= 11 is 12.0. The van der Waals surface area contributed by atoms with Crippen molar-refractivity contribution in [3.63, 3.8) is 0 Å². The second-order valence-corrected chi connectivity index (χ2v) is 5.88. The largest absolute Gasteiger partial charge is 0.374 e. The summed E-state index contributed by atoms with van der Waals surface area (Å²) in [5, 5.41) is 0.762. The van der Waals surface area contributed by atoms with Crippen LogP contribution in [0.2, 0.25) is 5.02 Å². The second-order valence-electron chi connectivity index (χ2n) is 5.21. The zero-order chi connectivity index (χ0) is 13.1. The minimum absolute atomic E-state index is 0.468. The smallest absolute Gasteiger partial charge is 0.0488 e. The van der Waals surface area contributed by atoms with Crippen molar-refractivity contribution in [2.24, 2.45) is 5.92 Å². The highest BCUT2D eigenvalue weighted by Crippen LogP contribution is 2.26. The second kappa shape index (κ2) is 6.14. The topological polar surface area (TPSA) is 6.48 Å². The molecule has 2 nitrogen and oxygen atoms in total. The van der Waals surface area contributed by atoms with E-state index < -0.39 is 0 Å². The van der Waals surface area contributed by atoms with Crippen LogP contribution in [0.5, 0.6) is 0 Å². The van der Waals surface area contributed by atoms with E-state index in [1.54, 1.807) is 0 Å². The van der Waals surface area contributed by atoms with Gasteiger partial charge in [0.05, 0.1) is 0 Å². The molecule has 0 N–H and O–H groups in total. The fourth-order valence-electron chi connectivity index (χ4n) is 2.55. The van der Waals surface area contributed by atoms with Crippen molar-refractivity contribution in [1.29, 1.82) is 0 Å². The molecule has 1 aliphatic rings. The van der Waals surface area contributed by atoms with Gasteiger partial charge in [-0.15, -0.1) is 11.6 Å². The van der Waals surface area contributed by atoms with Gasteiger partial charge < -0.3 is 9.80 Å². The Balaban J connectivity index is 2.00. The van der Waals surface area contributed by atoms with Crippen molar-refractivity contribution >= 4 is 28.9 Å². The highest BCUT2D eigenvalue weighted by atomic mass is 35.5. The zero-order valence-corrected chi connectivity index (χ0v) is 12.5. The maximum absolute atomic E-state index is 6.19. The van der Waals surface area contributed by atoms with Crippen LogP contribution in [0, 0.1) is 5.92 Å². The quantitative estimate of drug-likeness (QED) is 0.782. The van der Waals surface area contributed by atoms with Gasteiger partial charge in [0.25, 0.3) is 0 Å². The van der Waals surface area contributed by atoms with Gasteiger partial charge in [0.1, 0.15) is 0 Å². The lowest BCUT2D eigenvalue weighted by Gasteiger charge is -2.23. The molecule has 1 aromatic carbocycles. The molecule has 0 amide bonds. The Hall–Kier alpha value is -0.440. The van der Waals surface area contributed by atoms with Crippen molar-refractivity contribution < 1.29 is 0 Å². The fourth-order valence-corrected chi connectivity index (χ4v) is 3.09. The Kier molecular flexibility index (Phi) is 4.77. The van der Waals surface area contributed by atoms with Crippen LogP contribution >= 0.6 is 23.2 Å². The zero-order valence-electron chi connectivity index (χ0n) is 11.0. The summed E-state index contributed by atoms with van der Waals surface area (Å²) in [5.74, 6) is 1.22. The number of hydrogen-bond acceptors (Lipinski definition) is 2. The van der Waals surface area contributed by atoms with Gasteiger partial charge in [0, 0.05) is 36.7 Å². The summed E-state index contributed by atoms with van der Waals surface area (Å²) in [4.78, 5) is 4.68. The average Bonchev–Trinajstić information content (AvgIpc) is 2.74.